The average molecular weight is 1390 g/mol. The highest BCUT2D eigenvalue weighted by atomic mass is 35.5. The average Bonchev–Trinajstić information content (AvgIpc) is 1.38. The number of benzene rings is 4. The van der Waals surface area contributed by atoms with E-state index in [-0.39, 0.29) is 57.5 Å². The second-order valence-corrected chi connectivity index (χ2v) is 34.5. The molecule has 18 nitrogen and oxygen atoms in total. The van der Waals surface area contributed by atoms with Crippen LogP contribution in [0, 0.1) is 35.5 Å². The number of nitrogens with one attached hydrogen (secondary N) is 2. The molecular formula is C74H90Cl2N8O10S2. The molecule has 4 bridgehead atoms. The lowest BCUT2D eigenvalue weighted by Crippen LogP contribution is -2.54. The normalized spacial score (nSPS) is 31.8. The third-order valence-electron chi connectivity index (χ3n) is 23.6. The van der Waals surface area contributed by atoms with Crippen LogP contribution >= 0.6 is 23.2 Å². The smallest absolute Gasteiger partial charge is 0.264 e. The highest BCUT2D eigenvalue weighted by molar-refractivity contribution is 7.91. The fourth-order valence-electron chi connectivity index (χ4n) is 17.5. The third-order valence-corrected chi connectivity index (χ3v) is 27.9. The first-order valence-electron chi connectivity index (χ1n) is 34.6. The molecule has 6 aromatic rings. The van der Waals surface area contributed by atoms with E-state index in [4.69, 9.17) is 32.7 Å². The molecule has 12 atom stereocenters. The summed E-state index contributed by atoms with van der Waals surface area (Å²) in [6, 6.07) is 26.6. The Hall–Kier alpha value is -6.42. The van der Waals surface area contributed by atoms with Crippen LogP contribution in [0.2, 0.25) is 10.0 Å². The molecule has 2 saturated carbocycles. The number of aryl methyl sites for hydroxylation is 2. The molecule has 14 rings (SSSR count). The molecule has 96 heavy (non-hydrogen) atoms. The molecule has 4 aliphatic carbocycles. The van der Waals surface area contributed by atoms with Gasteiger partial charge in [-0.25, -0.2) is 46.2 Å². The Morgan fingerprint density at radius 3 is 1.35 bits per heavy atom. The van der Waals surface area contributed by atoms with E-state index in [1.54, 1.807) is 62.6 Å². The predicted molar refractivity (Wildman–Crippen MR) is 372 cm³/mol. The number of carbonyl (C=O) groups is 2. The van der Waals surface area contributed by atoms with Crippen molar-refractivity contribution in [3.05, 3.63) is 165 Å². The van der Waals surface area contributed by atoms with Crippen molar-refractivity contribution in [3.8, 4) is 11.5 Å². The van der Waals surface area contributed by atoms with Crippen molar-refractivity contribution in [1.82, 2.24) is 29.4 Å². The van der Waals surface area contributed by atoms with Gasteiger partial charge in [0.25, 0.3) is 11.8 Å². The van der Waals surface area contributed by atoms with E-state index in [9.17, 15) is 36.6 Å². The van der Waals surface area contributed by atoms with Gasteiger partial charge in [0.05, 0.1) is 46.3 Å². The van der Waals surface area contributed by atoms with Gasteiger partial charge >= 0.3 is 0 Å². The summed E-state index contributed by atoms with van der Waals surface area (Å²) in [6.45, 7) is 10.7. The Labute approximate surface area is 575 Å². The Morgan fingerprint density at radius 2 is 0.969 bits per heavy atom. The van der Waals surface area contributed by atoms with Crippen molar-refractivity contribution in [2.24, 2.45) is 35.5 Å². The lowest BCUT2D eigenvalue weighted by Gasteiger charge is -2.50. The van der Waals surface area contributed by atoms with Gasteiger partial charge in [0.1, 0.15) is 24.2 Å². The maximum atomic E-state index is 13.5. The van der Waals surface area contributed by atoms with Gasteiger partial charge in [-0.05, 0) is 234 Å². The molecule has 4 aromatic carbocycles. The molecule has 2 amide bonds. The van der Waals surface area contributed by atoms with Crippen molar-refractivity contribution in [2.45, 2.75) is 176 Å². The lowest BCUT2D eigenvalue weighted by atomic mass is 9.61. The van der Waals surface area contributed by atoms with Crippen molar-refractivity contribution < 1.29 is 46.1 Å². The lowest BCUT2D eigenvalue weighted by molar-refractivity contribution is -0.0890. The second-order valence-electron chi connectivity index (χ2n) is 29.5. The maximum Gasteiger partial charge on any atom is 0.264 e. The van der Waals surface area contributed by atoms with Gasteiger partial charge in [0, 0.05) is 94.8 Å². The topological polar surface area (TPSA) is 243 Å². The third kappa shape index (κ3) is 13.9. The van der Waals surface area contributed by atoms with Crippen LogP contribution in [-0.2, 0) is 56.6 Å². The van der Waals surface area contributed by atoms with Gasteiger partial charge in [0.2, 0.25) is 20.0 Å². The van der Waals surface area contributed by atoms with E-state index >= 15 is 0 Å². The number of hydrogen-bond donors (Lipinski definition) is 4. The molecule has 6 heterocycles. The number of hydrogen-bond acceptors (Lipinski definition) is 16. The quantitative estimate of drug-likeness (QED) is 0.128. The van der Waals surface area contributed by atoms with Crippen molar-refractivity contribution >= 4 is 66.4 Å². The molecule has 4 aliphatic heterocycles. The van der Waals surface area contributed by atoms with Crippen LogP contribution in [0.5, 0.6) is 11.5 Å². The number of fused-ring (bicyclic) bond motifs is 8. The molecule has 22 heteroatoms. The first kappa shape index (κ1) is 68.1. The number of aromatic nitrogens is 4. The molecule has 4 N–H and O–H groups in total. The van der Waals surface area contributed by atoms with E-state index < -0.39 is 53.6 Å². The minimum atomic E-state index is -3.96. The van der Waals surface area contributed by atoms with Crippen LogP contribution in [0.4, 0.5) is 11.4 Å². The zero-order valence-electron chi connectivity index (χ0n) is 55.4. The largest absolute Gasteiger partial charge is 0.490 e. The van der Waals surface area contributed by atoms with Crippen LogP contribution < -0.4 is 28.7 Å². The standard InChI is InChI=1S/2C37H45ClN4O5S/c2*1-24-5-3-15-37(44,19-30-13-16-39-23-40-30)32-10-7-28(32)20-42-21-36(14-4-6-26-17-29(38)9-11-31(26)36)22-47-34-12-8-27(18-33(34)42)35(43)41-48(45,46)25(24)2/h2*8-9,11-13,16-18,23-25,28,32,44H,3-7,10,14-15,19-22H2,1-2H3,(H,41,43)/t24-,25+,28-,32+,36-,37+;24-,25+,28-,32+,36-,37-/m00/s1. The highest BCUT2D eigenvalue weighted by Crippen LogP contribution is 2.52. The van der Waals surface area contributed by atoms with E-state index in [0.717, 1.165) is 97.0 Å². The van der Waals surface area contributed by atoms with E-state index in [2.05, 4.69) is 63.4 Å². The van der Waals surface area contributed by atoms with Gasteiger partial charge in [-0.2, -0.15) is 0 Å². The summed E-state index contributed by atoms with van der Waals surface area (Å²) < 4.78 is 71.7. The van der Waals surface area contributed by atoms with Gasteiger partial charge in [-0.1, -0.05) is 62.0 Å². The summed E-state index contributed by atoms with van der Waals surface area (Å²) in [7, 11) is -7.91. The number of nitrogens with zero attached hydrogens (tertiary/aromatic N) is 6. The Kier molecular flexibility index (Phi) is 19.4. The van der Waals surface area contributed by atoms with Gasteiger partial charge in [-0.15, -0.1) is 0 Å². The Morgan fingerprint density at radius 1 is 0.542 bits per heavy atom. The zero-order chi connectivity index (χ0) is 67.4. The summed E-state index contributed by atoms with van der Waals surface area (Å²) in [5.74, 6) is 0.0972. The molecule has 0 saturated heterocycles. The van der Waals surface area contributed by atoms with Crippen LogP contribution in [0.15, 0.2) is 110 Å². The van der Waals surface area contributed by atoms with E-state index in [1.807, 2.05) is 38.1 Å². The molecule has 0 radical (unpaired) electrons. The monoisotopic (exact) mass is 1380 g/mol. The highest BCUT2D eigenvalue weighted by Gasteiger charge is 2.52. The van der Waals surface area contributed by atoms with Crippen LogP contribution in [0.25, 0.3) is 0 Å². The van der Waals surface area contributed by atoms with E-state index in [1.165, 1.54) is 34.9 Å². The predicted octanol–water partition coefficient (Wildman–Crippen LogP) is 11.7. The number of halogens is 2. The fourth-order valence-corrected chi connectivity index (χ4v) is 20.5. The molecule has 512 valence electrons. The van der Waals surface area contributed by atoms with Crippen LogP contribution in [0.3, 0.4) is 0 Å². The van der Waals surface area contributed by atoms with Crippen LogP contribution in [-0.4, -0.2) is 120 Å². The van der Waals surface area contributed by atoms with Gasteiger partial charge in [-0.3, -0.25) is 9.59 Å². The molecule has 2 fully saturated rings. The second kappa shape index (κ2) is 27.4. The van der Waals surface area contributed by atoms with Crippen LogP contribution in [0.1, 0.15) is 172 Å². The molecule has 2 aromatic heterocycles. The number of aliphatic hydroxyl groups is 2. The van der Waals surface area contributed by atoms with Gasteiger partial charge in [0.15, 0.2) is 0 Å². The summed E-state index contributed by atoms with van der Waals surface area (Å²) in [5.41, 5.74) is 6.05. The SMILES string of the molecule is C[C@@H]1[C@@H](C)CCC[C@@](O)(Cc2ccncn2)[C@@H]2CC[C@H]2CN2C[C@@]3(CCCc4cc(Cl)ccc43)COc3ccc(cc32)C(=O)NS1(=O)=O.C[C@@H]1[C@@H](C)CCC[C@](O)(Cc2ccncn2)[C@@H]2CC[C@H]2CN2C[C@@]3(CCCc4cc(Cl)ccc43)COc3ccc(cc32)C(=O)NS1(=O)=O. The Bertz CT molecular complexity index is 3840. The van der Waals surface area contributed by atoms with Crippen molar-refractivity contribution in [2.75, 3.05) is 49.2 Å². The summed E-state index contributed by atoms with van der Waals surface area (Å²) in [6.07, 6.45) is 20.5. The number of amides is 2. The van der Waals surface area contributed by atoms with Crippen molar-refractivity contribution in [1.29, 1.82) is 0 Å². The zero-order valence-corrected chi connectivity index (χ0v) is 58.5. The summed E-state index contributed by atoms with van der Waals surface area (Å²) in [4.78, 5) is 48.8. The minimum absolute atomic E-state index is 0.0318. The Balaban J connectivity index is 0.000000174. The van der Waals surface area contributed by atoms with Gasteiger partial charge < -0.3 is 29.5 Å². The first-order valence-corrected chi connectivity index (χ1v) is 38.5. The summed E-state index contributed by atoms with van der Waals surface area (Å²) >= 11 is 12.9. The molecule has 0 unspecified atom stereocenters. The summed E-state index contributed by atoms with van der Waals surface area (Å²) in [5, 5.41) is 25.0. The first-order chi connectivity index (χ1) is 45.9. The fraction of sp³-hybridized carbons (Fsp3) is 0.541. The van der Waals surface area contributed by atoms with Crippen molar-refractivity contribution in [3.63, 3.8) is 0 Å². The molecule has 2 spiro atoms. The van der Waals surface area contributed by atoms with E-state index in [0.29, 0.717) is 102 Å². The minimum Gasteiger partial charge on any atom is -0.490 e. The molecular weight excluding hydrogens is 1300 g/mol. The molecule has 8 aliphatic rings. The number of carbonyl (C=O) groups excluding carboxylic acids is 2. The maximum absolute atomic E-state index is 13.5. The number of sulfonamides is 2. The number of ether oxygens (including phenoxy) is 2. The number of rotatable bonds is 4. The number of anilines is 2.